The van der Waals surface area contributed by atoms with Crippen LogP contribution in [0.5, 0.6) is 0 Å². The fraction of sp³-hybridized carbons (Fsp3) is 0.636. The second-order valence-electron chi connectivity index (χ2n) is 4.06. The van der Waals surface area contributed by atoms with Gasteiger partial charge in [-0.15, -0.1) is 0 Å². The molecule has 0 aromatic heterocycles. The molecule has 2 amide bonds. The Balaban J connectivity index is 2.58. The largest absolute Gasteiger partial charge is 0.500 e. The van der Waals surface area contributed by atoms with Gasteiger partial charge in [-0.1, -0.05) is 0 Å². The zero-order chi connectivity index (χ0) is 13.8. The summed E-state index contributed by atoms with van der Waals surface area (Å²) in [4.78, 5) is 24.2. The summed E-state index contributed by atoms with van der Waals surface area (Å²) in [7, 11) is 1.97. The minimum atomic E-state index is -2.64. The molecule has 6 nitrogen and oxygen atoms in total. The first-order valence-electron chi connectivity index (χ1n) is 5.70. The van der Waals surface area contributed by atoms with Crippen molar-refractivity contribution in [2.75, 3.05) is 21.3 Å². The lowest BCUT2D eigenvalue weighted by Crippen LogP contribution is -2.45. The molecular weight excluding hydrogens is 254 g/mol. The molecule has 1 rings (SSSR count). The summed E-state index contributed by atoms with van der Waals surface area (Å²) in [5.74, 6) is -0.543. The second kappa shape index (κ2) is 6.23. The quantitative estimate of drug-likeness (QED) is 0.501. The first-order chi connectivity index (χ1) is 8.49. The lowest BCUT2D eigenvalue weighted by molar-refractivity contribution is -0.139. The van der Waals surface area contributed by atoms with Crippen LogP contribution >= 0.6 is 0 Å². The predicted molar refractivity (Wildman–Crippen MR) is 66.7 cm³/mol. The van der Waals surface area contributed by atoms with Crippen LogP contribution in [0.1, 0.15) is 13.3 Å². The van der Waals surface area contributed by atoms with E-state index in [1.807, 2.05) is 6.92 Å². The van der Waals surface area contributed by atoms with Crippen molar-refractivity contribution in [2.24, 2.45) is 0 Å². The van der Waals surface area contributed by atoms with Gasteiger partial charge in [0.15, 0.2) is 0 Å². The molecule has 1 heterocycles. The van der Waals surface area contributed by atoms with E-state index < -0.39 is 8.80 Å². The molecule has 1 atom stereocenters. The van der Waals surface area contributed by atoms with E-state index in [0.717, 1.165) is 0 Å². The van der Waals surface area contributed by atoms with E-state index in [2.05, 4.69) is 0 Å². The normalized spacial score (nSPS) is 17.7. The number of nitrogens with zero attached hydrogens (tertiary/aromatic N) is 1. The molecule has 102 valence electrons. The average molecular weight is 273 g/mol. The van der Waals surface area contributed by atoms with Crippen LogP contribution < -0.4 is 0 Å². The standard InChI is InChI=1S/C11H19NO5Si/c1-9(12-10(13)5-6-11(12)14)7-8-18(15-2,16-3)17-4/h5-6,9H,7-8H2,1-4H3. The third-order valence-electron chi connectivity index (χ3n) is 3.09. The van der Waals surface area contributed by atoms with E-state index in [-0.39, 0.29) is 17.9 Å². The van der Waals surface area contributed by atoms with Gasteiger partial charge < -0.3 is 13.3 Å². The van der Waals surface area contributed by atoms with Crippen LogP contribution in [0.4, 0.5) is 0 Å². The van der Waals surface area contributed by atoms with Gasteiger partial charge in [0, 0.05) is 45.6 Å². The topological polar surface area (TPSA) is 65.1 Å². The predicted octanol–water partition coefficient (Wildman–Crippen LogP) is 0.568. The van der Waals surface area contributed by atoms with E-state index in [1.54, 1.807) is 0 Å². The number of rotatable bonds is 7. The summed E-state index contributed by atoms with van der Waals surface area (Å²) >= 11 is 0. The Labute approximate surface area is 108 Å². The zero-order valence-electron chi connectivity index (χ0n) is 11.1. The Hall–Kier alpha value is -1.02. The van der Waals surface area contributed by atoms with E-state index in [0.29, 0.717) is 12.5 Å². The smallest absolute Gasteiger partial charge is 0.377 e. The molecule has 7 heteroatoms. The molecule has 1 aliphatic rings. The van der Waals surface area contributed by atoms with E-state index in [4.69, 9.17) is 13.3 Å². The van der Waals surface area contributed by atoms with Crippen molar-refractivity contribution in [2.45, 2.75) is 25.4 Å². The van der Waals surface area contributed by atoms with Gasteiger partial charge in [0.2, 0.25) is 0 Å². The van der Waals surface area contributed by atoms with Crippen LogP contribution in [0.25, 0.3) is 0 Å². The van der Waals surface area contributed by atoms with Gasteiger partial charge in [0.05, 0.1) is 0 Å². The summed E-state index contributed by atoms with van der Waals surface area (Å²) in [6.07, 6.45) is 3.15. The van der Waals surface area contributed by atoms with E-state index in [1.165, 1.54) is 38.4 Å². The first kappa shape index (κ1) is 15.0. The van der Waals surface area contributed by atoms with Crippen molar-refractivity contribution in [1.82, 2.24) is 4.90 Å². The fourth-order valence-corrected chi connectivity index (χ4v) is 3.80. The highest BCUT2D eigenvalue weighted by atomic mass is 28.4. The first-order valence-corrected chi connectivity index (χ1v) is 7.63. The van der Waals surface area contributed by atoms with Gasteiger partial charge in [0.25, 0.3) is 11.8 Å². The van der Waals surface area contributed by atoms with Crippen LogP contribution in [-0.2, 0) is 22.9 Å². The van der Waals surface area contributed by atoms with Crippen LogP contribution in [0.2, 0.25) is 6.04 Å². The number of carbonyl (C=O) groups is 2. The lowest BCUT2D eigenvalue weighted by Gasteiger charge is -2.28. The summed E-state index contributed by atoms with van der Waals surface area (Å²) in [5, 5.41) is 0. The molecule has 0 aromatic rings. The van der Waals surface area contributed by atoms with Gasteiger partial charge in [-0.3, -0.25) is 14.5 Å². The van der Waals surface area contributed by atoms with E-state index in [9.17, 15) is 9.59 Å². The monoisotopic (exact) mass is 273 g/mol. The van der Waals surface area contributed by atoms with Gasteiger partial charge >= 0.3 is 8.80 Å². The molecule has 1 unspecified atom stereocenters. The van der Waals surface area contributed by atoms with Gasteiger partial charge in [-0.2, -0.15) is 0 Å². The van der Waals surface area contributed by atoms with Crippen molar-refractivity contribution >= 4 is 20.6 Å². The van der Waals surface area contributed by atoms with Crippen LogP contribution in [0.15, 0.2) is 12.2 Å². The maximum Gasteiger partial charge on any atom is 0.500 e. The third kappa shape index (κ3) is 3.05. The third-order valence-corrected chi connectivity index (χ3v) is 5.85. The van der Waals surface area contributed by atoms with Crippen molar-refractivity contribution in [3.63, 3.8) is 0 Å². The Morgan fingerprint density at radius 2 is 1.56 bits per heavy atom. The van der Waals surface area contributed by atoms with E-state index >= 15 is 0 Å². The number of amides is 2. The van der Waals surface area contributed by atoms with Crippen molar-refractivity contribution in [3.05, 3.63) is 12.2 Å². The SMILES string of the molecule is CO[Si](CCC(C)N1C(=O)C=CC1=O)(OC)OC. The molecule has 0 radical (unpaired) electrons. The van der Waals surface area contributed by atoms with Crippen molar-refractivity contribution < 1.29 is 22.9 Å². The molecule has 0 aliphatic carbocycles. The molecule has 0 bridgehead atoms. The zero-order valence-corrected chi connectivity index (χ0v) is 12.1. The molecule has 0 saturated carbocycles. The molecule has 0 saturated heterocycles. The summed E-state index contributed by atoms with van der Waals surface area (Å²) in [6.45, 7) is 1.82. The summed E-state index contributed by atoms with van der Waals surface area (Å²) in [5.41, 5.74) is 0. The molecular formula is C11H19NO5Si. The Bertz CT molecular complexity index is 327. The molecule has 0 fully saturated rings. The Morgan fingerprint density at radius 3 is 1.94 bits per heavy atom. The van der Waals surface area contributed by atoms with Gasteiger partial charge in [-0.05, 0) is 13.3 Å². The number of hydrogen-bond donors (Lipinski definition) is 0. The van der Waals surface area contributed by atoms with Crippen LogP contribution in [0, 0.1) is 0 Å². The Morgan fingerprint density at radius 1 is 1.11 bits per heavy atom. The highest BCUT2D eigenvalue weighted by molar-refractivity contribution is 6.60. The van der Waals surface area contributed by atoms with Crippen molar-refractivity contribution in [3.8, 4) is 0 Å². The lowest BCUT2D eigenvalue weighted by atomic mass is 10.2. The maximum atomic E-state index is 11.5. The summed E-state index contributed by atoms with van der Waals surface area (Å²) < 4.78 is 15.9. The number of imide groups is 1. The minimum absolute atomic E-state index is 0.202. The molecule has 0 aromatic carbocycles. The molecule has 1 aliphatic heterocycles. The van der Waals surface area contributed by atoms with Gasteiger partial charge in [0.1, 0.15) is 0 Å². The average Bonchev–Trinajstić information content (AvgIpc) is 2.71. The maximum absolute atomic E-state index is 11.5. The fourth-order valence-electron chi connectivity index (χ4n) is 1.92. The highest BCUT2D eigenvalue weighted by Crippen LogP contribution is 2.20. The second-order valence-corrected chi connectivity index (χ2v) is 7.15. The molecule has 0 N–H and O–H groups in total. The molecule has 0 spiro atoms. The van der Waals surface area contributed by atoms with Crippen LogP contribution in [0.3, 0.4) is 0 Å². The van der Waals surface area contributed by atoms with Crippen LogP contribution in [-0.4, -0.2) is 52.9 Å². The van der Waals surface area contributed by atoms with Crippen molar-refractivity contribution in [1.29, 1.82) is 0 Å². The van der Waals surface area contributed by atoms with Gasteiger partial charge in [-0.25, -0.2) is 0 Å². The number of hydrogen-bond acceptors (Lipinski definition) is 5. The Kier molecular flexibility index (Phi) is 5.21. The molecule has 18 heavy (non-hydrogen) atoms. The summed E-state index contributed by atoms with van der Waals surface area (Å²) in [6, 6.07) is 0.349. The number of carbonyl (C=O) groups excluding carboxylic acids is 2. The highest BCUT2D eigenvalue weighted by Gasteiger charge is 2.39. The minimum Gasteiger partial charge on any atom is -0.377 e.